The molecule has 0 bridgehead atoms. The van der Waals surface area contributed by atoms with Gasteiger partial charge in [0.2, 0.25) is 5.82 Å². The number of alkyl halides is 3. The summed E-state index contributed by atoms with van der Waals surface area (Å²) in [7, 11) is 0. The number of nitrogens with one attached hydrogen (secondary N) is 1. The van der Waals surface area contributed by atoms with Crippen LogP contribution in [0.4, 0.5) is 13.2 Å². The molecule has 24 heavy (non-hydrogen) atoms. The molecule has 0 spiro atoms. The van der Waals surface area contributed by atoms with Crippen molar-refractivity contribution in [1.82, 2.24) is 14.9 Å². The number of phenolic OH excluding ortho intramolecular Hbond substituents is 1. The SMILES string of the molecule is O=c1[nH]c(C(F)(F)F)nc2c1CCN(Cc1ccc(O)cc1Cl)C2. The first kappa shape index (κ1) is 16.8. The predicted molar refractivity (Wildman–Crippen MR) is 80.8 cm³/mol. The number of benzene rings is 1. The van der Waals surface area contributed by atoms with Crippen molar-refractivity contribution >= 4 is 11.6 Å². The van der Waals surface area contributed by atoms with E-state index in [4.69, 9.17) is 11.6 Å². The van der Waals surface area contributed by atoms with E-state index in [2.05, 4.69) is 4.98 Å². The molecule has 0 radical (unpaired) electrons. The lowest BCUT2D eigenvalue weighted by molar-refractivity contribution is -0.145. The zero-order valence-corrected chi connectivity index (χ0v) is 13.1. The fourth-order valence-corrected chi connectivity index (χ4v) is 2.90. The Bertz CT molecular complexity index is 836. The average molecular weight is 360 g/mol. The number of hydrogen-bond acceptors (Lipinski definition) is 4. The molecule has 1 aliphatic rings. The van der Waals surface area contributed by atoms with Gasteiger partial charge in [-0.05, 0) is 24.1 Å². The van der Waals surface area contributed by atoms with Crippen LogP contribution in [-0.2, 0) is 25.7 Å². The van der Waals surface area contributed by atoms with Crippen molar-refractivity contribution in [2.24, 2.45) is 0 Å². The van der Waals surface area contributed by atoms with Gasteiger partial charge in [-0.15, -0.1) is 0 Å². The quantitative estimate of drug-likeness (QED) is 0.865. The summed E-state index contributed by atoms with van der Waals surface area (Å²) in [6, 6.07) is 4.54. The number of hydrogen-bond donors (Lipinski definition) is 2. The third-order valence-electron chi connectivity index (χ3n) is 3.85. The first-order valence-electron chi connectivity index (χ1n) is 7.13. The third-order valence-corrected chi connectivity index (χ3v) is 4.20. The van der Waals surface area contributed by atoms with Crippen LogP contribution in [0.1, 0.15) is 22.6 Å². The van der Waals surface area contributed by atoms with Gasteiger partial charge in [-0.3, -0.25) is 9.69 Å². The normalized spacial score (nSPS) is 15.3. The maximum absolute atomic E-state index is 12.8. The van der Waals surface area contributed by atoms with Crippen molar-refractivity contribution in [3.8, 4) is 5.75 Å². The van der Waals surface area contributed by atoms with Gasteiger partial charge in [-0.1, -0.05) is 17.7 Å². The molecule has 0 amide bonds. The summed E-state index contributed by atoms with van der Waals surface area (Å²) in [6.07, 6.45) is -4.39. The van der Waals surface area contributed by atoms with Crippen LogP contribution < -0.4 is 5.56 Å². The van der Waals surface area contributed by atoms with Gasteiger partial charge in [0.25, 0.3) is 5.56 Å². The Morgan fingerprint density at radius 2 is 2.12 bits per heavy atom. The van der Waals surface area contributed by atoms with Gasteiger partial charge in [-0.25, -0.2) is 4.98 Å². The van der Waals surface area contributed by atoms with E-state index in [1.54, 1.807) is 11.1 Å². The average Bonchev–Trinajstić information content (AvgIpc) is 2.49. The van der Waals surface area contributed by atoms with E-state index in [1.165, 1.54) is 12.1 Å². The van der Waals surface area contributed by atoms with Crippen molar-refractivity contribution in [1.29, 1.82) is 0 Å². The van der Waals surface area contributed by atoms with Crippen LogP contribution in [0.3, 0.4) is 0 Å². The zero-order chi connectivity index (χ0) is 17.5. The highest BCUT2D eigenvalue weighted by atomic mass is 35.5. The molecular formula is C15H13ClF3N3O2. The highest BCUT2D eigenvalue weighted by Crippen LogP contribution is 2.28. The number of fused-ring (bicyclic) bond motifs is 1. The van der Waals surface area contributed by atoms with Gasteiger partial charge < -0.3 is 10.1 Å². The molecule has 3 rings (SSSR count). The predicted octanol–water partition coefficient (Wildman–Crippen LogP) is 2.71. The van der Waals surface area contributed by atoms with Gasteiger partial charge in [0.15, 0.2) is 0 Å². The summed E-state index contributed by atoms with van der Waals surface area (Å²) in [5.74, 6) is -1.24. The third kappa shape index (κ3) is 3.39. The second kappa shape index (κ2) is 6.10. The second-order valence-corrected chi connectivity index (χ2v) is 5.98. The zero-order valence-electron chi connectivity index (χ0n) is 12.3. The van der Waals surface area contributed by atoms with E-state index < -0.39 is 17.6 Å². The molecule has 1 aromatic heterocycles. The van der Waals surface area contributed by atoms with Gasteiger partial charge in [0.05, 0.1) is 5.69 Å². The van der Waals surface area contributed by atoms with Gasteiger partial charge in [0.1, 0.15) is 5.75 Å². The Morgan fingerprint density at radius 3 is 2.79 bits per heavy atom. The van der Waals surface area contributed by atoms with Crippen molar-refractivity contribution < 1.29 is 18.3 Å². The van der Waals surface area contributed by atoms with E-state index in [1.807, 2.05) is 4.90 Å². The number of rotatable bonds is 2. The Balaban J connectivity index is 1.86. The van der Waals surface area contributed by atoms with E-state index >= 15 is 0 Å². The molecule has 0 fully saturated rings. The fraction of sp³-hybridized carbons (Fsp3) is 0.333. The van der Waals surface area contributed by atoms with E-state index in [0.717, 1.165) is 5.56 Å². The molecule has 0 saturated carbocycles. The number of phenols is 1. The molecule has 2 heterocycles. The molecule has 0 aliphatic carbocycles. The molecule has 2 aromatic rings. The largest absolute Gasteiger partial charge is 0.508 e. The molecule has 1 aromatic carbocycles. The Morgan fingerprint density at radius 1 is 1.38 bits per heavy atom. The van der Waals surface area contributed by atoms with Crippen LogP contribution >= 0.6 is 11.6 Å². The molecule has 1 aliphatic heterocycles. The molecule has 9 heteroatoms. The molecule has 0 unspecified atom stereocenters. The van der Waals surface area contributed by atoms with E-state index in [9.17, 15) is 23.1 Å². The van der Waals surface area contributed by atoms with Crippen LogP contribution in [0.5, 0.6) is 5.75 Å². The smallest absolute Gasteiger partial charge is 0.449 e. The maximum atomic E-state index is 12.8. The number of H-pyrrole nitrogens is 1. The minimum atomic E-state index is -4.70. The molecule has 0 atom stereocenters. The summed E-state index contributed by atoms with van der Waals surface area (Å²) in [5.41, 5.74) is 0.414. The standard InChI is InChI=1S/C15H13ClF3N3O2/c16-11-5-9(23)2-1-8(11)6-22-4-3-10-12(7-22)20-14(15(17,18)19)21-13(10)24/h1-2,5,23H,3-4,6-7H2,(H,20,21,24). The fourth-order valence-electron chi connectivity index (χ4n) is 2.67. The number of nitrogens with zero attached hydrogens (tertiary/aromatic N) is 2. The molecular weight excluding hydrogens is 347 g/mol. The Hall–Kier alpha value is -2.06. The summed E-state index contributed by atoms with van der Waals surface area (Å²) >= 11 is 6.05. The first-order chi connectivity index (χ1) is 11.2. The molecule has 128 valence electrons. The molecule has 2 N–H and O–H groups in total. The lowest BCUT2D eigenvalue weighted by Gasteiger charge is -2.28. The van der Waals surface area contributed by atoms with Gasteiger partial charge in [-0.2, -0.15) is 13.2 Å². The van der Waals surface area contributed by atoms with Gasteiger partial charge >= 0.3 is 6.18 Å². The van der Waals surface area contributed by atoms with Crippen LogP contribution in [0, 0.1) is 0 Å². The summed E-state index contributed by atoms with van der Waals surface area (Å²) < 4.78 is 38.4. The number of halogens is 4. The highest BCUT2D eigenvalue weighted by molar-refractivity contribution is 6.31. The van der Waals surface area contributed by atoms with Crippen molar-refractivity contribution in [3.63, 3.8) is 0 Å². The Kier molecular flexibility index (Phi) is 4.27. The van der Waals surface area contributed by atoms with Crippen LogP contribution in [-0.4, -0.2) is 26.5 Å². The van der Waals surface area contributed by atoms with Crippen LogP contribution in [0.2, 0.25) is 5.02 Å². The van der Waals surface area contributed by atoms with Crippen molar-refractivity contribution in [2.45, 2.75) is 25.7 Å². The maximum Gasteiger partial charge on any atom is 0.449 e. The van der Waals surface area contributed by atoms with Crippen molar-refractivity contribution in [2.75, 3.05) is 6.54 Å². The van der Waals surface area contributed by atoms with Crippen LogP contribution in [0.25, 0.3) is 0 Å². The first-order valence-corrected chi connectivity index (χ1v) is 7.51. The lowest BCUT2D eigenvalue weighted by Crippen LogP contribution is -2.36. The minimum absolute atomic E-state index is 0.0377. The number of aromatic amines is 1. The topological polar surface area (TPSA) is 69.2 Å². The Labute approximate surface area is 139 Å². The number of aromatic hydroxyl groups is 1. The molecule has 0 saturated heterocycles. The number of aromatic nitrogens is 2. The molecule has 5 nitrogen and oxygen atoms in total. The highest BCUT2D eigenvalue weighted by Gasteiger charge is 2.36. The lowest BCUT2D eigenvalue weighted by atomic mass is 10.1. The minimum Gasteiger partial charge on any atom is -0.508 e. The summed E-state index contributed by atoms with van der Waals surface area (Å²) in [6.45, 7) is 1.01. The second-order valence-electron chi connectivity index (χ2n) is 5.57. The van der Waals surface area contributed by atoms with Gasteiger partial charge in [0, 0.05) is 30.2 Å². The monoisotopic (exact) mass is 359 g/mol. The van der Waals surface area contributed by atoms with Crippen LogP contribution in [0.15, 0.2) is 23.0 Å². The van der Waals surface area contributed by atoms with Crippen molar-refractivity contribution in [3.05, 3.63) is 56.2 Å². The summed E-state index contributed by atoms with van der Waals surface area (Å²) in [5, 5.41) is 9.73. The summed E-state index contributed by atoms with van der Waals surface area (Å²) in [4.78, 5) is 19.1. The van der Waals surface area contributed by atoms with E-state index in [0.29, 0.717) is 24.5 Å². The van der Waals surface area contributed by atoms with E-state index in [-0.39, 0.29) is 23.6 Å².